The van der Waals surface area contributed by atoms with Crippen LogP contribution < -0.4 is 15.5 Å². The molecule has 20 heavy (non-hydrogen) atoms. The van der Waals surface area contributed by atoms with Crippen molar-refractivity contribution in [2.24, 2.45) is 4.99 Å². The molecule has 6 nitrogen and oxygen atoms in total. The lowest BCUT2D eigenvalue weighted by Crippen LogP contribution is -2.40. The summed E-state index contributed by atoms with van der Waals surface area (Å²) in [6.07, 6.45) is 0.822. The summed E-state index contributed by atoms with van der Waals surface area (Å²) in [5, 5.41) is 6.49. The molecule has 0 saturated carbocycles. The Kier molecular flexibility index (Phi) is 3.71. The van der Waals surface area contributed by atoms with Crippen LogP contribution >= 0.6 is 0 Å². The minimum Gasteiger partial charge on any atom is -0.447 e. The SMILES string of the molecule is O=C1OCCN1c1ccc(CNC2=NCCCN2)cc1. The van der Waals surface area contributed by atoms with Crippen molar-refractivity contribution in [1.29, 1.82) is 0 Å². The Bertz CT molecular complexity index is 512. The summed E-state index contributed by atoms with van der Waals surface area (Å²) >= 11 is 0. The van der Waals surface area contributed by atoms with Crippen LogP contribution in [0.25, 0.3) is 0 Å². The van der Waals surface area contributed by atoms with Gasteiger partial charge in [0, 0.05) is 25.3 Å². The Hall–Kier alpha value is -2.24. The summed E-state index contributed by atoms with van der Waals surface area (Å²) in [4.78, 5) is 17.5. The van der Waals surface area contributed by atoms with Gasteiger partial charge in [-0.15, -0.1) is 0 Å². The monoisotopic (exact) mass is 274 g/mol. The standard InChI is InChI=1S/C14H18N4O2/c19-14-18(8-9-20-14)12-4-2-11(3-5-12)10-17-13-15-6-1-7-16-13/h2-5H,1,6-10H2,(H2,15,16,17). The zero-order chi connectivity index (χ0) is 13.8. The molecule has 2 aliphatic rings. The number of benzene rings is 1. The molecule has 1 fully saturated rings. The molecular weight excluding hydrogens is 256 g/mol. The van der Waals surface area contributed by atoms with Crippen molar-refractivity contribution in [2.45, 2.75) is 13.0 Å². The molecule has 0 aliphatic carbocycles. The summed E-state index contributed by atoms with van der Waals surface area (Å²) in [5.74, 6) is 0.864. The van der Waals surface area contributed by atoms with Gasteiger partial charge in [0.15, 0.2) is 5.96 Å². The summed E-state index contributed by atoms with van der Waals surface area (Å²) in [5.41, 5.74) is 2.03. The number of carbonyl (C=O) groups excluding carboxylic acids is 1. The van der Waals surface area contributed by atoms with Crippen molar-refractivity contribution in [3.8, 4) is 0 Å². The van der Waals surface area contributed by atoms with Crippen LogP contribution in [0.4, 0.5) is 10.5 Å². The Morgan fingerprint density at radius 1 is 1.35 bits per heavy atom. The van der Waals surface area contributed by atoms with Crippen LogP contribution in [0.1, 0.15) is 12.0 Å². The third-order valence-electron chi connectivity index (χ3n) is 3.37. The van der Waals surface area contributed by atoms with Gasteiger partial charge in [0.25, 0.3) is 0 Å². The maximum absolute atomic E-state index is 11.5. The number of hydrogen-bond donors (Lipinski definition) is 2. The fraction of sp³-hybridized carbons (Fsp3) is 0.429. The van der Waals surface area contributed by atoms with Gasteiger partial charge in [0.05, 0.1) is 6.54 Å². The number of nitrogens with zero attached hydrogens (tertiary/aromatic N) is 2. The van der Waals surface area contributed by atoms with Crippen molar-refractivity contribution in [3.05, 3.63) is 29.8 Å². The Morgan fingerprint density at radius 3 is 2.85 bits per heavy atom. The molecule has 2 aliphatic heterocycles. The lowest BCUT2D eigenvalue weighted by Gasteiger charge is -2.16. The minimum absolute atomic E-state index is 0.267. The van der Waals surface area contributed by atoms with Crippen LogP contribution in [0.5, 0.6) is 0 Å². The van der Waals surface area contributed by atoms with Gasteiger partial charge >= 0.3 is 6.09 Å². The molecule has 2 N–H and O–H groups in total. The summed E-state index contributed by atoms with van der Waals surface area (Å²) in [6.45, 7) is 3.66. The normalized spacial score (nSPS) is 18.3. The molecular formula is C14H18N4O2. The number of cyclic esters (lactones) is 1. The van der Waals surface area contributed by atoms with E-state index in [1.54, 1.807) is 4.90 Å². The lowest BCUT2D eigenvalue weighted by molar-refractivity contribution is 0.181. The lowest BCUT2D eigenvalue weighted by atomic mass is 10.2. The average Bonchev–Trinajstić information content (AvgIpc) is 2.93. The molecule has 0 aromatic heterocycles. The second-order valence-corrected chi connectivity index (χ2v) is 4.80. The number of ether oxygens (including phenoxy) is 1. The van der Waals surface area contributed by atoms with Gasteiger partial charge in [-0.2, -0.15) is 0 Å². The predicted molar refractivity (Wildman–Crippen MR) is 76.9 cm³/mol. The van der Waals surface area contributed by atoms with Crippen molar-refractivity contribution >= 4 is 17.7 Å². The van der Waals surface area contributed by atoms with E-state index in [-0.39, 0.29) is 6.09 Å². The van der Waals surface area contributed by atoms with Gasteiger partial charge in [-0.25, -0.2) is 4.79 Å². The molecule has 3 rings (SSSR count). The Balaban J connectivity index is 1.58. The van der Waals surface area contributed by atoms with Gasteiger partial charge in [-0.3, -0.25) is 9.89 Å². The fourth-order valence-electron chi connectivity index (χ4n) is 2.26. The van der Waals surface area contributed by atoms with Gasteiger partial charge in [-0.1, -0.05) is 12.1 Å². The van der Waals surface area contributed by atoms with Crippen LogP contribution in [-0.2, 0) is 11.3 Å². The van der Waals surface area contributed by atoms with Crippen LogP contribution in [0.2, 0.25) is 0 Å². The van der Waals surface area contributed by atoms with Crippen molar-refractivity contribution < 1.29 is 9.53 Å². The first kappa shape index (κ1) is 12.8. The maximum atomic E-state index is 11.5. The molecule has 0 radical (unpaired) electrons. The molecule has 1 aromatic rings. The zero-order valence-corrected chi connectivity index (χ0v) is 11.3. The topological polar surface area (TPSA) is 66.0 Å². The van der Waals surface area contributed by atoms with Gasteiger partial charge in [0.1, 0.15) is 6.61 Å². The predicted octanol–water partition coefficient (Wildman–Crippen LogP) is 1.08. The Labute approximate surface area is 117 Å². The van der Waals surface area contributed by atoms with E-state index in [2.05, 4.69) is 15.6 Å². The number of hydrogen-bond acceptors (Lipinski definition) is 5. The molecule has 1 amide bonds. The van der Waals surface area contributed by atoms with Crippen molar-refractivity contribution in [2.75, 3.05) is 31.1 Å². The van der Waals surface area contributed by atoms with E-state index in [0.717, 1.165) is 43.3 Å². The number of carbonyl (C=O) groups is 1. The van der Waals surface area contributed by atoms with Crippen LogP contribution in [0.3, 0.4) is 0 Å². The van der Waals surface area contributed by atoms with Crippen molar-refractivity contribution in [1.82, 2.24) is 10.6 Å². The molecule has 6 heteroatoms. The molecule has 0 unspecified atom stereocenters. The summed E-state index contributed by atoms with van der Waals surface area (Å²) < 4.78 is 4.93. The molecule has 2 heterocycles. The average molecular weight is 274 g/mol. The first-order chi connectivity index (χ1) is 9.83. The highest BCUT2D eigenvalue weighted by Crippen LogP contribution is 2.19. The highest BCUT2D eigenvalue weighted by atomic mass is 16.6. The fourth-order valence-corrected chi connectivity index (χ4v) is 2.26. The van der Waals surface area contributed by atoms with Crippen LogP contribution in [0, 0.1) is 0 Å². The second-order valence-electron chi connectivity index (χ2n) is 4.80. The van der Waals surface area contributed by atoms with Crippen LogP contribution in [0.15, 0.2) is 29.3 Å². The van der Waals surface area contributed by atoms with E-state index in [1.165, 1.54) is 0 Å². The van der Waals surface area contributed by atoms with E-state index in [0.29, 0.717) is 13.2 Å². The van der Waals surface area contributed by atoms with E-state index in [9.17, 15) is 4.79 Å². The molecule has 0 spiro atoms. The third-order valence-corrected chi connectivity index (χ3v) is 3.37. The first-order valence-corrected chi connectivity index (χ1v) is 6.88. The van der Waals surface area contributed by atoms with E-state index >= 15 is 0 Å². The highest BCUT2D eigenvalue weighted by Gasteiger charge is 2.23. The minimum atomic E-state index is -0.267. The number of aliphatic imine (C=N–C) groups is 1. The maximum Gasteiger partial charge on any atom is 0.414 e. The highest BCUT2D eigenvalue weighted by molar-refractivity contribution is 5.89. The van der Waals surface area contributed by atoms with E-state index in [4.69, 9.17) is 4.74 Å². The van der Waals surface area contributed by atoms with E-state index in [1.807, 2.05) is 24.3 Å². The summed E-state index contributed by atoms with van der Waals surface area (Å²) in [7, 11) is 0. The van der Waals surface area contributed by atoms with Crippen LogP contribution in [-0.4, -0.2) is 38.3 Å². The van der Waals surface area contributed by atoms with Gasteiger partial charge in [0.2, 0.25) is 0 Å². The number of amides is 1. The largest absolute Gasteiger partial charge is 0.447 e. The smallest absolute Gasteiger partial charge is 0.414 e. The molecule has 1 saturated heterocycles. The number of anilines is 1. The van der Waals surface area contributed by atoms with E-state index < -0.39 is 0 Å². The number of nitrogens with one attached hydrogen (secondary N) is 2. The Morgan fingerprint density at radius 2 is 2.20 bits per heavy atom. The number of guanidine groups is 1. The third kappa shape index (κ3) is 2.84. The zero-order valence-electron chi connectivity index (χ0n) is 11.3. The van der Waals surface area contributed by atoms with Crippen molar-refractivity contribution in [3.63, 3.8) is 0 Å². The first-order valence-electron chi connectivity index (χ1n) is 6.88. The van der Waals surface area contributed by atoms with Gasteiger partial charge in [-0.05, 0) is 24.1 Å². The molecule has 0 atom stereocenters. The second kappa shape index (κ2) is 5.81. The molecule has 106 valence electrons. The number of rotatable bonds is 3. The summed E-state index contributed by atoms with van der Waals surface area (Å²) in [6, 6.07) is 7.91. The van der Waals surface area contributed by atoms with Gasteiger partial charge < -0.3 is 15.4 Å². The molecule has 1 aromatic carbocycles. The quantitative estimate of drug-likeness (QED) is 0.865. The molecule has 0 bridgehead atoms.